The topological polar surface area (TPSA) is 29.5 Å². The number of carbonyl (C=O) groups excluding carboxylic acids is 1. The van der Waals surface area contributed by atoms with Crippen LogP contribution in [0.3, 0.4) is 0 Å². The van der Waals surface area contributed by atoms with Gasteiger partial charge >= 0.3 is 0 Å². The van der Waals surface area contributed by atoms with Crippen molar-refractivity contribution in [3.8, 4) is 5.75 Å². The second kappa shape index (κ2) is 5.00. The molecule has 0 saturated carbocycles. The van der Waals surface area contributed by atoms with E-state index in [4.69, 9.17) is 4.74 Å². The normalized spacial score (nSPS) is 19.8. The van der Waals surface area contributed by atoms with Crippen molar-refractivity contribution < 1.29 is 9.53 Å². The molecular weight excluding hydrogens is 234 g/mol. The number of hydrogen-bond donors (Lipinski definition) is 1. The van der Waals surface area contributed by atoms with Gasteiger partial charge in [0.15, 0.2) is 0 Å². The molecule has 2 rings (SSSR count). The van der Waals surface area contributed by atoms with Gasteiger partial charge in [-0.05, 0) is 36.3 Å². The minimum atomic E-state index is 0.160. The molecule has 0 N–H and O–H groups in total. The summed E-state index contributed by atoms with van der Waals surface area (Å²) in [5.74, 6) is 2.00. The highest BCUT2D eigenvalue weighted by Gasteiger charge is 2.31. The molecule has 0 bridgehead atoms. The van der Waals surface area contributed by atoms with E-state index in [2.05, 4.69) is 12.6 Å². The zero-order valence-electron chi connectivity index (χ0n) is 10.1. The van der Waals surface area contributed by atoms with E-state index >= 15 is 0 Å². The minimum Gasteiger partial charge on any atom is -0.495 e. The minimum absolute atomic E-state index is 0.160. The van der Waals surface area contributed by atoms with Gasteiger partial charge in [0.1, 0.15) is 5.75 Å². The zero-order chi connectivity index (χ0) is 12.4. The van der Waals surface area contributed by atoms with Crippen LogP contribution in [-0.2, 0) is 4.79 Å². The lowest BCUT2D eigenvalue weighted by Gasteiger charge is -2.20. The Morgan fingerprint density at radius 1 is 1.53 bits per heavy atom. The first-order valence-corrected chi connectivity index (χ1v) is 6.34. The zero-order valence-corrected chi connectivity index (χ0v) is 11.0. The molecule has 1 saturated heterocycles. The first kappa shape index (κ1) is 12.3. The van der Waals surface area contributed by atoms with Crippen molar-refractivity contribution in [2.24, 2.45) is 5.92 Å². The van der Waals surface area contributed by atoms with E-state index in [-0.39, 0.29) is 5.91 Å². The maximum atomic E-state index is 12.0. The van der Waals surface area contributed by atoms with Gasteiger partial charge in [-0.2, -0.15) is 12.6 Å². The van der Waals surface area contributed by atoms with Crippen molar-refractivity contribution in [3.05, 3.63) is 23.8 Å². The van der Waals surface area contributed by atoms with Gasteiger partial charge in [-0.3, -0.25) is 4.79 Å². The summed E-state index contributed by atoms with van der Waals surface area (Å²) in [7, 11) is 1.63. The van der Waals surface area contributed by atoms with Crippen molar-refractivity contribution in [3.63, 3.8) is 0 Å². The summed E-state index contributed by atoms with van der Waals surface area (Å²) in [5.41, 5.74) is 2.00. The third kappa shape index (κ3) is 2.41. The van der Waals surface area contributed by atoms with Crippen LogP contribution in [0.15, 0.2) is 18.2 Å². The van der Waals surface area contributed by atoms with Crippen LogP contribution in [0.4, 0.5) is 5.69 Å². The Morgan fingerprint density at radius 3 is 2.88 bits per heavy atom. The van der Waals surface area contributed by atoms with E-state index in [0.717, 1.165) is 29.3 Å². The lowest BCUT2D eigenvalue weighted by Crippen LogP contribution is -2.25. The quantitative estimate of drug-likeness (QED) is 0.835. The van der Waals surface area contributed by atoms with Crippen LogP contribution < -0.4 is 9.64 Å². The Bertz CT molecular complexity index is 433. The molecule has 1 amide bonds. The molecule has 0 spiro atoms. The van der Waals surface area contributed by atoms with Crippen LogP contribution in [0.1, 0.15) is 12.0 Å². The molecule has 1 heterocycles. The number of ether oxygens (including phenoxy) is 1. The number of carbonyl (C=O) groups is 1. The third-order valence-corrected chi connectivity index (χ3v) is 3.60. The van der Waals surface area contributed by atoms with Crippen molar-refractivity contribution in [2.45, 2.75) is 13.3 Å². The molecule has 1 atom stereocenters. The Kier molecular flexibility index (Phi) is 3.62. The molecule has 0 radical (unpaired) electrons. The van der Waals surface area contributed by atoms with E-state index < -0.39 is 0 Å². The fourth-order valence-corrected chi connectivity index (χ4v) is 2.39. The highest BCUT2D eigenvalue weighted by Crippen LogP contribution is 2.33. The number of anilines is 1. The molecular formula is C13H17NO2S. The number of hydrogen-bond acceptors (Lipinski definition) is 3. The summed E-state index contributed by atoms with van der Waals surface area (Å²) in [6.07, 6.45) is 0.584. The maximum absolute atomic E-state index is 12.0. The molecule has 1 fully saturated rings. The van der Waals surface area contributed by atoms with Gasteiger partial charge in [0, 0.05) is 13.0 Å². The Morgan fingerprint density at radius 2 is 2.29 bits per heavy atom. The molecule has 1 unspecified atom stereocenters. The van der Waals surface area contributed by atoms with Crippen LogP contribution in [-0.4, -0.2) is 25.3 Å². The maximum Gasteiger partial charge on any atom is 0.227 e. The predicted molar refractivity (Wildman–Crippen MR) is 72.0 cm³/mol. The summed E-state index contributed by atoms with van der Waals surface area (Å²) < 4.78 is 5.32. The Labute approximate surface area is 107 Å². The number of aryl methyl sites for hydroxylation is 1. The number of thiol groups is 1. The monoisotopic (exact) mass is 251 g/mol. The van der Waals surface area contributed by atoms with Crippen LogP contribution >= 0.6 is 12.6 Å². The van der Waals surface area contributed by atoms with E-state index in [9.17, 15) is 4.79 Å². The first-order valence-electron chi connectivity index (χ1n) is 5.71. The second-order valence-electron chi connectivity index (χ2n) is 4.43. The number of rotatable bonds is 3. The fourth-order valence-electron chi connectivity index (χ4n) is 2.15. The van der Waals surface area contributed by atoms with Gasteiger partial charge in [0.25, 0.3) is 0 Å². The summed E-state index contributed by atoms with van der Waals surface area (Å²) >= 11 is 4.27. The smallest absolute Gasteiger partial charge is 0.227 e. The molecule has 1 aliphatic rings. The number of nitrogens with zero attached hydrogens (tertiary/aromatic N) is 1. The number of methoxy groups -OCH3 is 1. The number of benzene rings is 1. The van der Waals surface area contributed by atoms with Gasteiger partial charge in [0.05, 0.1) is 12.8 Å². The average molecular weight is 251 g/mol. The van der Waals surface area contributed by atoms with Crippen molar-refractivity contribution in [1.82, 2.24) is 0 Å². The number of amides is 1. The Balaban J connectivity index is 2.33. The summed E-state index contributed by atoms with van der Waals surface area (Å²) in [6, 6.07) is 5.89. The van der Waals surface area contributed by atoms with Gasteiger partial charge in [-0.15, -0.1) is 0 Å². The molecule has 92 valence electrons. The first-order chi connectivity index (χ1) is 8.15. The molecule has 17 heavy (non-hydrogen) atoms. The van der Waals surface area contributed by atoms with E-state index in [1.807, 2.05) is 30.0 Å². The lowest BCUT2D eigenvalue weighted by molar-refractivity contribution is -0.117. The molecule has 0 aliphatic carbocycles. The summed E-state index contributed by atoms with van der Waals surface area (Å²) in [5, 5.41) is 0. The van der Waals surface area contributed by atoms with Crippen LogP contribution in [0.25, 0.3) is 0 Å². The van der Waals surface area contributed by atoms with Crippen molar-refractivity contribution >= 4 is 24.2 Å². The largest absolute Gasteiger partial charge is 0.495 e. The van der Waals surface area contributed by atoms with Crippen LogP contribution in [0.5, 0.6) is 5.75 Å². The molecule has 4 heteroatoms. The average Bonchev–Trinajstić information content (AvgIpc) is 2.70. The second-order valence-corrected chi connectivity index (χ2v) is 4.80. The van der Waals surface area contributed by atoms with E-state index in [1.54, 1.807) is 7.11 Å². The SMILES string of the molecule is COc1ccc(C)cc1N1CC(CS)CC1=O. The molecule has 1 aromatic rings. The molecule has 1 aromatic carbocycles. The van der Waals surface area contributed by atoms with Gasteiger partial charge in [-0.1, -0.05) is 6.07 Å². The van der Waals surface area contributed by atoms with E-state index in [0.29, 0.717) is 12.3 Å². The van der Waals surface area contributed by atoms with E-state index in [1.165, 1.54) is 0 Å². The van der Waals surface area contributed by atoms with Crippen LogP contribution in [0.2, 0.25) is 0 Å². The summed E-state index contributed by atoms with van der Waals surface area (Å²) in [4.78, 5) is 13.8. The predicted octanol–water partition coefficient (Wildman–Crippen LogP) is 2.29. The highest BCUT2D eigenvalue weighted by atomic mass is 32.1. The van der Waals surface area contributed by atoms with Gasteiger partial charge < -0.3 is 9.64 Å². The standard InChI is InChI=1S/C13H17NO2S/c1-9-3-4-12(16-2)11(5-9)14-7-10(8-17)6-13(14)15/h3-5,10,17H,6-8H2,1-2H3. The van der Waals surface area contributed by atoms with Crippen molar-refractivity contribution in [1.29, 1.82) is 0 Å². The molecule has 3 nitrogen and oxygen atoms in total. The molecule has 0 aromatic heterocycles. The van der Waals surface area contributed by atoms with Crippen LogP contribution in [0, 0.1) is 12.8 Å². The molecule has 1 aliphatic heterocycles. The highest BCUT2D eigenvalue weighted by molar-refractivity contribution is 7.80. The van der Waals surface area contributed by atoms with Crippen molar-refractivity contribution in [2.75, 3.05) is 24.3 Å². The summed E-state index contributed by atoms with van der Waals surface area (Å²) in [6.45, 7) is 2.75. The van der Waals surface area contributed by atoms with Gasteiger partial charge in [0.2, 0.25) is 5.91 Å². The van der Waals surface area contributed by atoms with Gasteiger partial charge in [-0.25, -0.2) is 0 Å². The third-order valence-electron chi connectivity index (χ3n) is 3.09. The lowest BCUT2D eigenvalue weighted by atomic mass is 10.1. The fraction of sp³-hybridized carbons (Fsp3) is 0.462. The Hall–Kier alpha value is -1.16.